The van der Waals surface area contributed by atoms with Gasteiger partial charge in [-0.05, 0) is 17.7 Å². The number of benzene rings is 2. The molecule has 0 aliphatic carbocycles. The van der Waals surface area contributed by atoms with Crippen molar-refractivity contribution in [3.8, 4) is 0 Å². The lowest BCUT2D eigenvalue weighted by molar-refractivity contribution is -0.138. The van der Waals surface area contributed by atoms with E-state index in [-0.39, 0.29) is 17.4 Å². The maximum Gasteiger partial charge on any atom is 0.342 e. The number of aromatic nitrogens is 1. The first kappa shape index (κ1) is 25.0. The molecular weight excluding hydrogens is 450 g/mol. The summed E-state index contributed by atoms with van der Waals surface area (Å²) in [7, 11) is 6.58. The van der Waals surface area contributed by atoms with E-state index in [1.54, 1.807) is 70.8 Å². The highest BCUT2D eigenvalue weighted by Crippen LogP contribution is 2.37. The van der Waals surface area contributed by atoms with Crippen molar-refractivity contribution in [1.29, 1.82) is 0 Å². The number of carbonyl (C=O) groups is 3. The van der Waals surface area contributed by atoms with Crippen molar-refractivity contribution < 1.29 is 19.1 Å². The molecule has 0 saturated heterocycles. The second-order valence-corrected chi connectivity index (χ2v) is 9.02. The Morgan fingerprint density at radius 1 is 0.765 bits per heavy atom. The van der Waals surface area contributed by atoms with Gasteiger partial charge in [0.2, 0.25) is 12.0 Å². The highest BCUT2D eigenvalue weighted by Gasteiger charge is 2.30. The maximum atomic E-state index is 13.3. The van der Waals surface area contributed by atoms with Crippen molar-refractivity contribution in [2.24, 2.45) is 0 Å². The number of carbonyl (C=O) groups excluding carboxylic acids is 3. The van der Waals surface area contributed by atoms with Crippen LogP contribution in [0.25, 0.3) is 0 Å². The van der Waals surface area contributed by atoms with Crippen molar-refractivity contribution >= 4 is 29.5 Å². The normalized spacial score (nSPS) is 12.4. The minimum atomic E-state index is -1.10. The standard InChI is InChI=1S/C26H27N3O4S/c1-28(2)24(30)21(18-12-7-5-8-13-18)33-26(32)20-16-11-17-27-23(20)34-22(25(31)29(3)4)19-14-9-6-10-15-19/h5-17,21-22H,1-4H3. The van der Waals surface area contributed by atoms with E-state index in [0.717, 1.165) is 5.56 Å². The predicted octanol–water partition coefficient (Wildman–Crippen LogP) is 3.99. The second-order valence-electron chi connectivity index (χ2n) is 7.93. The Bertz CT molecular complexity index is 1140. The fourth-order valence-electron chi connectivity index (χ4n) is 3.17. The molecule has 2 aromatic carbocycles. The fraction of sp³-hybridized carbons (Fsp3) is 0.231. The Kier molecular flexibility index (Phi) is 8.43. The molecule has 3 aromatic rings. The van der Waals surface area contributed by atoms with Gasteiger partial charge in [0, 0.05) is 40.0 Å². The highest BCUT2D eigenvalue weighted by atomic mass is 32.2. The third kappa shape index (κ3) is 6.02. The number of ether oxygens (including phenoxy) is 1. The molecule has 2 amide bonds. The Morgan fingerprint density at radius 3 is 1.88 bits per heavy atom. The average Bonchev–Trinajstić information content (AvgIpc) is 2.86. The summed E-state index contributed by atoms with van der Waals surface area (Å²) in [6, 6.07) is 21.4. The van der Waals surface area contributed by atoms with Gasteiger partial charge in [-0.1, -0.05) is 72.4 Å². The molecular formula is C26H27N3O4S. The monoisotopic (exact) mass is 477 g/mol. The molecule has 176 valence electrons. The number of hydrogen-bond acceptors (Lipinski definition) is 6. The number of amides is 2. The van der Waals surface area contributed by atoms with E-state index in [2.05, 4.69) is 4.98 Å². The van der Waals surface area contributed by atoms with Crippen LogP contribution in [0.2, 0.25) is 0 Å². The Balaban J connectivity index is 1.93. The SMILES string of the molecule is CN(C)C(=O)C(OC(=O)c1cccnc1SC(C(=O)N(C)C)c1ccccc1)c1ccccc1. The molecule has 0 radical (unpaired) electrons. The van der Waals surface area contributed by atoms with E-state index in [1.165, 1.54) is 21.6 Å². The third-order valence-corrected chi connectivity index (χ3v) is 6.24. The van der Waals surface area contributed by atoms with Gasteiger partial charge in [0.15, 0.2) is 0 Å². The lowest BCUT2D eigenvalue weighted by atomic mass is 10.1. The summed E-state index contributed by atoms with van der Waals surface area (Å²) in [6.07, 6.45) is 0.455. The molecule has 1 heterocycles. The summed E-state index contributed by atoms with van der Waals surface area (Å²) in [4.78, 5) is 46.3. The second kappa shape index (κ2) is 11.5. The molecule has 3 rings (SSSR count). The van der Waals surface area contributed by atoms with Crippen LogP contribution >= 0.6 is 11.8 Å². The van der Waals surface area contributed by atoms with E-state index in [4.69, 9.17) is 4.74 Å². The molecule has 0 saturated carbocycles. The molecule has 0 aliphatic heterocycles. The zero-order valence-corrected chi connectivity index (χ0v) is 20.4. The van der Waals surface area contributed by atoms with E-state index in [9.17, 15) is 14.4 Å². The van der Waals surface area contributed by atoms with Crippen molar-refractivity contribution in [1.82, 2.24) is 14.8 Å². The van der Waals surface area contributed by atoms with Crippen LogP contribution in [0, 0.1) is 0 Å². The average molecular weight is 478 g/mol. The van der Waals surface area contributed by atoms with Crippen LogP contribution in [0.5, 0.6) is 0 Å². The number of pyridine rings is 1. The van der Waals surface area contributed by atoms with E-state index in [0.29, 0.717) is 10.6 Å². The Morgan fingerprint density at radius 2 is 1.32 bits per heavy atom. The van der Waals surface area contributed by atoms with Gasteiger partial charge in [-0.3, -0.25) is 9.59 Å². The van der Waals surface area contributed by atoms with Crippen molar-refractivity contribution in [2.75, 3.05) is 28.2 Å². The number of likely N-dealkylation sites (N-methyl/N-ethyl adjacent to an activating group) is 2. The first-order valence-corrected chi connectivity index (χ1v) is 11.5. The molecule has 2 atom stereocenters. The predicted molar refractivity (Wildman–Crippen MR) is 131 cm³/mol. The van der Waals surface area contributed by atoms with Gasteiger partial charge in [-0.2, -0.15) is 0 Å². The van der Waals surface area contributed by atoms with Gasteiger partial charge >= 0.3 is 5.97 Å². The minimum absolute atomic E-state index is 0.133. The zero-order chi connectivity index (χ0) is 24.7. The van der Waals surface area contributed by atoms with Crippen LogP contribution < -0.4 is 0 Å². The minimum Gasteiger partial charge on any atom is -0.444 e. The van der Waals surface area contributed by atoms with Crippen LogP contribution in [0.3, 0.4) is 0 Å². The first-order chi connectivity index (χ1) is 16.3. The molecule has 0 bridgehead atoms. The highest BCUT2D eigenvalue weighted by molar-refractivity contribution is 8.00. The van der Waals surface area contributed by atoms with E-state index < -0.39 is 17.3 Å². The third-order valence-electron chi connectivity index (χ3n) is 4.98. The van der Waals surface area contributed by atoms with Crippen molar-refractivity contribution in [3.05, 3.63) is 95.7 Å². The van der Waals surface area contributed by atoms with Crippen LogP contribution in [-0.2, 0) is 14.3 Å². The number of thioether (sulfide) groups is 1. The number of hydrogen-bond donors (Lipinski definition) is 0. The molecule has 34 heavy (non-hydrogen) atoms. The number of nitrogens with zero attached hydrogens (tertiary/aromatic N) is 3. The summed E-state index contributed by atoms with van der Waals surface area (Å²) < 4.78 is 5.70. The largest absolute Gasteiger partial charge is 0.444 e. The van der Waals surface area contributed by atoms with Crippen LogP contribution in [0.4, 0.5) is 0 Å². The summed E-state index contributed by atoms with van der Waals surface area (Å²) in [5.74, 6) is -1.18. The van der Waals surface area contributed by atoms with Gasteiger partial charge in [0.1, 0.15) is 10.3 Å². The van der Waals surface area contributed by atoms with Crippen LogP contribution in [-0.4, -0.2) is 60.8 Å². The molecule has 0 aliphatic rings. The summed E-state index contributed by atoms with van der Waals surface area (Å²) in [5.41, 5.74) is 1.55. The molecule has 2 unspecified atom stereocenters. The smallest absolute Gasteiger partial charge is 0.342 e. The van der Waals surface area contributed by atoms with Gasteiger partial charge < -0.3 is 14.5 Å². The molecule has 8 heteroatoms. The number of rotatable bonds is 8. The lowest BCUT2D eigenvalue weighted by Gasteiger charge is -2.23. The summed E-state index contributed by atoms with van der Waals surface area (Å²) >= 11 is 1.17. The number of esters is 1. The van der Waals surface area contributed by atoms with Gasteiger partial charge in [0.05, 0.1) is 5.56 Å². The summed E-state index contributed by atoms with van der Waals surface area (Å²) in [6.45, 7) is 0. The van der Waals surface area contributed by atoms with Crippen LogP contribution in [0.1, 0.15) is 32.8 Å². The first-order valence-electron chi connectivity index (χ1n) is 10.6. The molecule has 0 spiro atoms. The van der Waals surface area contributed by atoms with Crippen molar-refractivity contribution in [3.63, 3.8) is 0 Å². The zero-order valence-electron chi connectivity index (χ0n) is 19.5. The topological polar surface area (TPSA) is 79.8 Å². The van der Waals surface area contributed by atoms with E-state index >= 15 is 0 Å². The van der Waals surface area contributed by atoms with E-state index in [1.807, 2.05) is 36.4 Å². The molecule has 7 nitrogen and oxygen atoms in total. The molecule has 0 fully saturated rings. The van der Waals surface area contributed by atoms with Crippen LogP contribution in [0.15, 0.2) is 84.0 Å². The quantitative estimate of drug-likeness (QED) is 0.361. The Labute approximate surface area is 203 Å². The lowest BCUT2D eigenvalue weighted by Crippen LogP contribution is -2.31. The van der Waals surface area contributed by atoms with Gasteiger partial charge in [-0.15, -0.1) is 0 Å². The molecule has 1 aromatic heterocycles. The summed E-state index contributed by atoms with van der Waals surface area (Å²) in [5, 5.41) is -0.258. The maximum absolute atomic E-state index is 13.3. The van der Waals surface area contributed by atoms with Crippen molar-refractivity contribution in [2.45, 2.75) is 16.4 Å². The Hall–Kier alpha value is -3.65. The fourth-order valence-corrected chi connectivity index (χ4v) is 4.40. The molecule has 0 N–H and O–H groups in total. The van der Waals surface area contributed by atoms with Gasteiger partial charge in [0.25, 0.3) is 5.91 Å². The van der Waals surface area contributed by atoms with Gasteiger partial charge in [-0.25, -0.2) is 9.78 Å².